The van der Waals surface area contributed by atoms with Crippen LogP contribution in [0.4, 0.5) is 0 Å². The molecule has 0 aliphatic heterocycles. The first kappa shape index (κ1) is 15.8. The number of carboxylic acids is 1. The molecule has 2 rings (SSSR count). The quantitative estimate of drug-likeness (QED) is 0.408. The number of carboxylic acid groups (broad SMARTS) is 1. The number of carbonyl (C=O) groups is 2. The molecule has 1 amide bonds. The number of rotatable bonds is 5. The zero-order chi connectivity index (χ0) is 16.8. The van der Waals surface area contributed by atoms with Gasteiger partial charge in [-0.25, -0.2) is 15.3 Å². The van der Waals surface area contributed by atoms with Crippen molar-refractivity contribution in [3.05, 3.63) is 61.9 Å². The average Bonchev–Trinajstić information content (AvgIpc) is 2.50. The molecule has 1 aromatic carbocycles. The molecule has 1 aromatic heterocycles. The number of hydrazone groups is 1. The van der Waals surface area contributed by atoms with Crippen molar-refractivity contribution in [2.45, 2.75) is 6.42 Å². The molecule has 0 atom stereocenters. The minimum Gasteiger partial charge on any atom is -0.545 e. The Balaban J connectivity index is 1.94. The van der Waals surface area contributed by atoms with Gasteiger partial charge in [-0.2, -0.15) is 10.2 Å². The summed E-state index contributed by atoms with van der Waals surface area (Å²) in [7, 11) is 0. The van der Waals surface area contributed by atoms with Crippen LogP contribution in [0.1, 0.15) is 21.6 Å². The SMILES string of the molecule is O=C(Cc1n[nH]c(=O)[nH]c1=O)NN=Cc1ccc(C(=O)[O-])cc1. The van der Waals surface area contributed by atoms with Crippen LogP contribution in [0.2, 0.25) is 0 Å². The molecule has 0 aliphatic carbocycles. The molecule has 10 nitrogen and oxygen atoms in total. The van der Waals surface area contributed by atoms with Gasteiger partial charge in [0.25, 0.3) is 5.56 Å². The predicted octanol–water partition coefficient (Wildman–Crippen LogP) is -2.49. The molecule has 23 heavy (non-hydrogen) atoms. The van der Waals surface area contributed by atoms with E-state index < -0.39 is 23.1 Å². The fourth-order valence-corrected chi connectivity index (χ4v) is 1.57. The molecule has 0 saturated heterocycles. The minimum atomic E-state index is -1.29. The van der Waals surface area contributed by atoms with Crippen molar-refractivity contribution < 1.29 is 14.7 Å². The zero-order valence-electron chi connectivity index (χ0n) is 11.5. The summed E-state index contributed by atoms with van der Waals surface area (Å²) in [6.45, 7) is 0. The van der Waals surface area contributed by atoms with E-state index in [1.165, 1.54) is 30.5 Å². The van der Waals surface area contributed by atoms with Gasteiger partial charge in [0.1, 0.15) is 5.69 Å². The summed E-state index contributed by atoms with van der Waals surface area (Å²) in [5.41, 5.74) is 1.07. The van der Waals surface area contributed by atoms with Gasteiger partial charge in [-0.3, -0.25) is 14.6 Å². The van der Waals surface area contributed by atoms with Gasteiger partial charge in [0.2, 0.25) is 5.91 Å². The summed E-state index contributed by atoms with van der Waals surface area (Å²) in [6, 6.07) is 5.63. The van der Waals surface area contributed by atoms with E-state index in [4.69, 9.17) is 0 Å². The van der Waals surface area contributed by atoms with E-state index >= 15 is 0 Å². The average molecular weight is 316 g/mol. The van der Waals surface area contributed by atoms with Crippen LogP contribution in [0, 0.1) is 0 Å². The summed E-state index contributed by atoms with van der Waals surface area (Å²) >= 11 is 0. The number of H-pyrrole nitrogens is 2. The van der Waals surface area contributed by atoms with Gasteiger partial charge in [0.05, 0.1) is 18.6 Å². The second-order valence-corrected chi connectivity index (χ2v) is 4.33. The molecule has 0 bridgehead atoms. The first-order valence-electron chi connectivity index (χ1n) is 6.27. The van der Waals surface area contributed by atoms with E-state index in [1.54, 1.807) is 0 Å². The molecule has 0 saturated carbocycles. The van der Waals surface area contributed by atoms with Crippen molar-refractivity contribution in [3.8, 4) is 0 Å². The second kappa shape index (κ2) is 6.93. The van der Waals surface area contributed by atoms with Gasteiger partial charge >= 0.3 is 5.69 Å². The van der Waals surface area contributed by atoms with Gasteiger partial charge in [-0.05, 0) is 11.1 Å². The maximum absolute atomic E-state index is 11.6. The van der Waals surface area contributed by atoms with E-state index in [0.717, 1.165) is 0 Å². The van der Waals surface area contributed by atoms with Crippen LogP contribution in [0.3, 0.4) is 0 Å². The van der Waals surface area contributed by atoms with Gasteiger partial charge in [0, 0.05) is 0 Å². The third kappa shape index (κ3) is 4.46. The van der Waals surface area contributed by atoms with Gasteiger partial charge < -0.3 is 9.90 Å². The first-order valence-corrected chi connectivity index (χ1v) is 6.27. The number of carbonyl (C=O) groups excluding carboxylic acids is 2. The summed E-state index contributed by atoms with van der Waals surface area (Å²) in [5.74, 6) is -1.90. The highest BCUT2D eigenvalue weighted by molar-refractivity contribution is 5.88. The van der Waals surface area contributed by atoms with Crippen molar-refractivity contribution in [2.75, 3.05) is 0 Å². The molecular formula is C13H10N5O5-. The minimum absolute atomic E-state index is 0.0227. The summed E-state index contributed by atoms with van der Waals surface area (Å²) in [6.07, 6.45) is 0.925. The molecule has 0 aliphatic rings. The van der Waals surface area contributed by atoms with Crippen LogP contribution >= 0.6 is 0 Å². The van der Waals surface area contributed by atoms with Crippen LogP contribution in [-0.4, -0.2) is 33.3 Å². The highest BCUT2D eigenvalue weighted by atomic mass is 16.4. The van der Waals surface area contributed by atoms with Crippen molar-refractivity contribution in [1.29, 1.82) is 0 Å². The van der Waals surface area contributed by atoms with E-state index in [0.29, 0.717) is 5.56 Å². The number of aromatic amines is 2. The number of aromatic nitrogens is 3. The standard InChI is InChI=1S/C13H11N5O5/c19-10(5-9-11(20)15-13(23)18-16-9)17-14-6-7-1-3-8(4-2-7)12(21)22/h1-4,6H,5H2,(H,17,19)(H,21,22)(H2,15,18,20,23)/p-1. The molecule has 0 unspecified atom stereocenters. The molecule has 10 heteroatoms. The number of hydrogen-bond acceptors (Lipinski definition) is 7. The Bertz CT molecular complexity index is 865. The Hall–Kier alpha value is -3.56. The Morgan fingerprint density at radius 2 is 1.96 bits per heavy atom. The lowest BCUT2D eigenvalue weighted by Crippen LogP contribution is -2.31. The summed E-state index contributed by atoms with van der Waals surface area (Å²) < 4.78 is 0. The van der Waals surface area contributed by atoms with Crippen molar-refractivity contribution in [2.24, 2.45) is 5.10 Å². The predicted molar refractivity (Wildman–Crippen MR) is 75.7 cm³/mol. The Morgan fingerprint density at radius 3 is 2.57 bits per heavy atom. The number of nitrogens with one attached hydrogen (secondary N) is 3. The molecule has 3 N–H and O–H groups in total. The van der Waals surface area contributed by atoms with Gasteiger partial charge in [-0.15, -0.1) is 0 Å². The lowest BCUT2D eigenvalue weighted by molar-refractivity contribution is -0.255. The van der Waals surface area contributed by atoms with Crippen molar-refractivity contribution >= 4 is 18.1 Å². The smallest absolute Gasteiger partial charge is 0.342 e. The van der Waals surface area contributed by atoms with E-state index in [-0.39, 0.29) is 17.7 Å². The highest BCUT2D eigenvalue weighted by Gasteiger charge is 2.08. The third-order valence-electron chi connectivity index (χ3n) is 2.66. The van der Waals surface area contributed by atoms with Crippen LogP contribution in [0.25, 0.3) is 0 Å². The molecule has 0 spiro atoms. The fourth-order valence-electron chi connectivity index (χ4n) is 1.57. The van der Waals surface area contributed by atoms with Gasteiger partial charge in [0.15, 0.2) is 0 Å². The zero-order valence-corrected chi connectivity index (χ0v) is 11.5. The van der Waals surface area contributed by atoms with Crippen LogP contribution in [-0.2, 0) is 11.2 Å². The fraction of sp³-hybridized carbons (Fsp3) is 0.0769. The van der Waals surface area contributed by atoms with Crippen LogP contribution < -0.4 is 21.8 Å². The monoisotopic (exact) mass is 316 g/mol. The maximum Gasteiger partial charge on any atom is 0.342 e. The summed E-state index contributed by atoms with van der Waals surface area (Å²) in [5, 5.41) is 19.7. The molecular weight excluding hydrogens is 306 g/mol. The van der Waals surface area contributed by atoms with Crippen molar-refractivity contribution in [3.63, 3.8) is 0 Å². The van der Waals surface area contributed by atoms with Crippen LogP contribution in [0.15, 0.2) is 39.0 Å². The first-order chi connectivity index (χ1) is 11.0. The number of benzene rings is 1. The number of nitrogens with zero attached hydrogens (tertiary/aromatic N) is 2. The van der Waals surface area contributed by atoms with Gasteiger partial charge in [-0.1, -0.05) is 24.3 Å². The lowest BCUT2D eigenvalue weighted by Gasteiger charge is -2.01. The number of amides is 1. The maximum atomic E-state index is 11.6. The molecule has 1 heterocycles. The molecule has 118 valence electrons. The Kier molecular flexibility index (Phi) is 4.77. The molecule has 0 fully saturated rings. The lowest BCUT2D eigenvalue weighted by atomic mass is 10.1. The van der Waals surface area contributed by atoms with E-state index in [1.807, 2.05) is 10.1 Å². The van der Waals surface area contributed by atoms with E-state index in [9.17, 15) is 24.3 Å². The largest absolute Gasteiger partial charge is 0.545 e. The number of hydrogen-bond donors (Lipinski definition) is 3. The molecule has 0 radical (unpaired) electrons. The summed E-state index contributed by atoms with van der Waals surface area (Å²) in [4.78, 5) is 46.2. The normalized spacial score (nSPS) is 10.6. The van der Waals surface area contributed by atoms with Crippen molar-refractivity contribution in [1.82, 2.24) is 20.6 Å². The topological polar surface area (TPSA) is 160 Å². The highest BCUT2D eigenvalue weighted by Crippen LogP contribution is 2.01. The van der Waals surface area contributed by atoms with Crippen LogP contribution in [0.5, 0.6) is 0 Å². The number of aromatic carboxylic acids is 1. The molecule has 2 aromatic rings. The van der Waals surface area contributed by atoms with E-state index in [2.05, 4.69) is 15.6 Å². The Labute approximate surface area is 127 Å². The Morgan fingerprint density at radius 1 is 1.26 bits per heavy atom. The second-order valence-electron chi connectivity index (χ2n) is 4.33. The third-order valence-corrected chi connectivity index (χ3v) is 2.66.